The lowest BCUT2D eigenvalue weighted by atomic mass is 10.0. The van der Waals surface area contributed by atoms with Crippen molar-refractivity contribution >= 4 is 6.09 Å². The predicted molar refractivity (Wildman–Crippen MR) is 58.2 cm³/mol. The van der Waals surface area contributed by atoms with Gasteiger partial charge in [-0.3, -0.25) is 0 Å². The molecule has 0 aliphatic rings. The van der Waals surface area contributed by atoms with E-state index in [-0.39, 0.29) is 5.92 Å². The molecular formula is C11H20N2O2. The van der Waals surface area contributed by atoms with Crippen LogP contribution in [0.5, 0.6) is 0 Å². The van der Waals surface area contributed by atoms with Crippen molar-refractivity contribution in [2.45, 2.75) is 52.7 Å². The van der Waals surface area contributed by atoms with E-state index >= 15 is 0 Å². The van der Waals surface area contributed by atoms with Gasteiger partial charge in [-0.25, -0.2) is 4.79 Å². The van der Waals surface area contributed by atoms with Gasteiger partial charge in [0.25, 0.3) is 0 Å². The number of nitrogens with one attached hydrogen (secondary N) is 1. The number of rotatable bonds is 3. The average molecular weight is 212 g/mol. The molecule has 0 heterocycles. The maximum atomic E-state index is 11.4. The van der Waals surface area contributed by atoms with Crippen LogP contribution in [0.1, 0.15) is 41.0 Å². The summed E-state index contributed by atoms with van der Waals surface area (Å²) in [6.07, 6.45) is 0.308. The number of nitrogens with zero attached hydrogens (tertiary/aromatic N) is 1. The number of carbonyl (C=O) groups is 1. The Balaban J connectivity index is 4.21. The number of hydrogen-bond donors (Lipinski definition) is 1. The number of nitriles is 1. The van der Waals surface area contributed by atoms with Crippen LogP contribution in [0.15, 0.2) is 0 Å². The average Bonchev–Trinajstić information content (AvgIpc) is 2.10. The zero-order valence-electron chi connectivity index (χ0n) is 10.1. The van der Waals surface area contributed by atoms with Crippen molar-refractivity contribution in [2.75, 3.05) is 0 Å². The molecule has 1 N–H and O–H groups in total. The topological polar surface area (TPSA) is 62.1 Å². The lowest BCUT2D eigenvalue weighted by Gasteiger charge is -2.22. The molecule has 86 valence electrons. The second-order valence-electron chi connectivity index (χ2n) is 4.64. The van der Waals surface area contributed by atoms with Gasteiger partial charge in [0.15, 0.2) is 0 Å². The Morgan fingerprint density at radius 1 is 1.53 bits per heavy atom. The molecule has 15 heavy (non-hydrogen) atoms. The minimum Gasteiger partial charge on any atom is -0.444 e. The van der Waals surface area contributed by atoms with Gasteiger partial charge in [-0.15, -0.1) is 0 Å². The third kappa shape index (κ3) is 5.95. The molecule has 0 aromatic carbocycles. The predicted octanol–water partition coefficient (Wildman–Crippen LogP) is 2.45. The van der Waals surface area contributed by atoms with Crippen molar-refractivity contribution in [3.05, 3.63) is 0 Å². The second kappa shape index (κ2) is 5.59. The van der Waals surface area contributed by atoms with Gasteiger partial charge in [0, 0.05) is 0 Å². The van der Waals surface area contributed by atoms with Gasteiger partial charge in [-0.2, -0.15) is 5.26 Å². The van der Waals surface area contributed by atoms with E-state index in [4.69, 9.17) is 10.00 Å². The lowest BCUT2D eigenvalue weighted by molar-refractivity contribution is 0.0503. The SMILES string of the molecule is CC[C@@H](C)[C@@H](C#N)NC(=O)OC(C)(C)C. The minimum atomic E-state index is -0.533. The Hall–Kier alpha value is -1.24. The molecule has 0 aliphatic heterocycles. The summed E-state index contributed by atoms with van der Waals surface area (Å²) < 4.78 is 5.06. The Labute approximate surface area is 91.6 Å². The molecule has 0 spiro atoms. The largest absolute Gasteiger partial charge is 0.444 e. The highest BCUT2D eigenvalue weighted by molar-refractivity contribution is 5.68. The zero-order chi connectivity index (χ0) is 12.1. The summed E-state index contributed by atoms with van der Waals surface area (Å²) in [6.45, 7) is 9.27. The van der Waals surface area contributed by atoms with Crippen molar-refractivity contribution in [1.82, 2.24) is 5.32 Å². The molecule has 0 saturated carbocycles. The van der Waals surface area contributed by atoms with Crippen molar-refractivity contribution in [2.24, 2.45) is 5.92 Å². The first-order valence-corrected chi connectivity index (χ1v) is 5.19. The summed E-state index contributed by atoms with van der Waals surface area (Å²) in [6, 6.07) is 1.58. The zero-order valence-corrected chi connectivity index (χ0v) is 10.1. The van der Waals surface area contributed by atoms with Crippen molar-refractivity contribution in [3.63, 3.8) is 0 Å². The van der Waals surface area contributed by atoms with E-state index in [9.17, 15) is 4.79 Å². The molecule has 4 heteroatoms. The van der Waals surface area contributed by atoms with E-state index in [0.29, 0.717) is 0 Å². The summed E-state index contributed by atoms with van der Waals surface area (Å²) in [4.78, 5) is 11.4. The Morgan fingerprint density at radius 2 is 2.07 bits per heavy atom. The number of hydrogen-bond acceptors (Lipinski definition) is 3. The smallest absolute Gasteiger partial charge is 0.408 e. The highest BCUT2D eigenvalue weighted by atomic mass is 16.6. The summed E-state index contributed by atoms with van der Waals surface area (Å²) in [5.74, 6) is 0.127. The van der Waals surface area contributed by atoms with Gasteiger partial charge < -0.3 is 10.1 Å². The Morgan fingerprint density at radius 3 is 2.40 bits per heavy atom. The summed E-state index contributed by atoms with van der Waals surface area (Å²) in [5, 5.41) is 11.4. The van der Waals surface area contributed by atoms with Crippen molar-refractivity contribution < 1.29 is 9.53 Å². The summed E-state index contributed by atoms with van der Waals surface area (Å²) in [5.41, 5.74) is -0.528. The molecule has 0 aliphatic carbocycles. The highest BCUT2D eigenvalue weighted by Crippen LogP contribution is 2.10. The second-order valence-corrected chi connectivity index (χ2v) is 4.64. The van der Waals surface area contributed by atoms with Gasteiger partial charge >= 0.3 is 6.09 Å². The minimum absolute atomic E-state index is 0.127. The normalized spacial score (nSPS) is 14.9. The standard InChI is InChI=1S/C11H20N2O2/c1-6-8(2)9(7-12)13-10(14)15-11(3,4)5/h8-9H,6H2,1-5H3,(H,13,14)/t8-,9-/m1/s1. The van der Waals surface area contributed by atoms with E-state index in [2.05, 4.69) is 11.4 Å². The van der Waals surface area contributed by atoms with Crippen molar-refractivity contribution in [1.29, 1.82) is 5.26 Å². The number of alkyl carbamates (subject to hydrolysis) is 1. The third-order valence-electron chi connectivity index (χ3n) is 2.02. The molecule has 4 nitrogen and oxygen atoms in total. The Kier molecular flexibility index (Phi) is 5.13. The van der Waals surface area contributed by atoms with E-state index in [1.165, 1.54) is 0 Å². The van der Waals surface area contributed by atoms with Gasteiger partial charge in [-0.05, 0) is 26.7 Å². The van der Waals surface area contributed by atoms with E-state index in [0.717, 1.165) is 6.42 Å². The summed E-state index contributed by atoms with van der Waals surface area (Å²) >= 11 is 0. The molecule has 0 aromatic rings. The fourth-order valence-corrected chi connectivity index (χ4v) is 0.972. The van der Waals surface area contributed by atoms with Gasteiger partial charge in [0.2, 0.25) is 0 Å². The fraction of sp³-hybridized carbons (Fsp3) is 0.818. The van der Waals surface area contributed by atoms with Crippen LogP contribution in [0.2, 0.25) is 0 Å². The molecule has 0 radical (unpaired) electrons. The van der Waals surface area contributed by atoms with E-state index < -0.39 is 17.7 Å². The third-order valence-corrected chi connectivity index (χ3v) is 2.02. The van der Waals surface area contributed by atoms with Crippen LogP contribution >= 0.6 is 0 Å². The quantitative estimate of drug-likeness (QED) is 0.781. The number of amides is 1. The van der Waals surface area contributed by atoms with Crippen LogP contribution in [0.25, 0.3) is 0 Å². The molecule has 2 atom stereocenters. The monoisotopic (exact) mass is 212 g/mol. The first-order valence-electron chi connectivity index (χ1n) is 5.19. The molecule has 0 unspecified atom stereocenters. The van der Waals surface area contributed by atoms with Crippen LogP contribution in [-0.4, -0.2) is 17.7 Å². The molecule has 0 aromatic heterocycles. The van der Waals surface area contributed by atoms with Crippen LogP contribution in [0, 0.1) is 17.2 Å². The maximum absolute atomic E-state index is 11.4. The molecular weight excluding hydrogens is 192 g/mol. The first kappa shape index (κ1) is 13.8. The lowest BCUT2D eigenvalue weighted by Crippen LogP contribution is -2.41. The van der Waals surface area contributed by atoms with Gasteiger partial charge in [0.1, 0.15) is 11.6 Å². The van der Waals surface area contributed by atoms with Crippen LogP contribution in [0.3, 0.4) is 0 Å². The molecule has 1 amide bonds. The van der Waals surface area contributed by atoms with Crippen LogP contribution in [0.4, 0.5) is 4.79 Å². The molecule has 0 bridgehead atoms. The Bertz CT molecular complexity index is 250. The van der Waals surface area contributed by atoms with Crippen molar-refractivity contribution in [3.8, 4) is 6.07 Å². The van der Waals surface area contributed by atoms with Crippen LogP contribution in [-0.2, 0) is 4.74 Å². The van der Waals surface area contributed by atoms with Gasteiger partial charge in [0.05, 0.1) is 6.07 Å². The first-order chi connectivity index (χ1) is 6.80. The molecule has 0 saturated heterocycles. The van der Waals surface area contributed by atoms with Gasteiger partial charge in [-0.1, -0.05) is 20.3 Å². The molecule has 0 fully saturated rings. The maximum Gasteiger partial charge on any atom is 0.408 e. The highest BCUT2D eigenvalue weighted by Gasteiger charge is 2.21. The van der Waals surface area contributed by atoms with E-state index in [1.807, 2.05) is 13.8 Å². The van der Waals surface area contributed by atoms with E-state index in [1.54, 1.807) is 20.8 Å². The fourth-order valence-electron chi connectivity index (χ4n) is 0.972. The molecule has 0 rings (SSSR count). The van der Waals surface area contributed by atoms with Crippen LogP contribution < -0.4 is 5.32 Å². The number of carbonyl (C=O) groups excluding carboxylic acids is 1. The number of ether oxygens (including phenoxy) is 1. The summed E-state index contributed by atoms with van der Waals surface area (Å²) in [7, 11) is 0.